The van der Waals surface area contributed by atoms with Gasteiger partial charge >= 0.3 is 0 Å². The highest BCUT2D eigenvalue weighted by molar-refractivity contribution is 4.97. The third-order valence-electron chi connectivity index (χ3n) is 2.93. The second-order valence-electron chi connectivity index (χ2n) is 3.92. The Balaban J connectivity index is 1.97. The van der Waals surface area contributed by atoms with Crippen LogP contribution in [0.25, 0.3) is 0 Å². The second kappa shape index (κ2) is 3.65. The molecule has 0 aromatic rings. The Morgan fingerprint density at radius 2 is 2.15 bits per heavy atom. The van der Waals surface area contributed by atoms with Crippen LogP contribution in [0.1, 0.15) is 26.2 Å². The third kappa shape index (κ3) is 1.70. The molecule has 0 saturated carbocycles. The molecule has 2 aliphatic rings. The summed E-state index contributed by atoms with van der Waals surface area (Å²) in [4.78, 5) is 0. The maximum absolute atomic E-state index is 8.88. The average Bonchev–Trinajstić information content (AvgIpc) is 2.71. The maximum Gasteiger partial charge on any atom is 0.0995 e. The van der Waals surface area contributed by atoms with E-state index in [2.05, 4.69) is 13.0 Å². The van der Waals surface area contributed by atoms with E-state index in [0.717, 1.165) is 25.9 Å². The molecule has 0 aliphatic carbocycles. The van der Waals surface area contributed by atoms with E-state index >= 15 is 0 Å². The topological polar surface area (TPSA) is 42.2 Å². The zero-order valence-electron chi connectivity index (χ0n) is 7.90. The molecule has 0 aromatic heterocycles. The number of ether oxygens (including phenoxy) is 2. The van der Waals surface area contributed by atoms with Gasteiger partial charge in [0.25, 0.3) is 0 Å². The summed E-state index contributed by atoms with van der Waals surface area (Å²) in [6.45, 7) is 2.80. The normalized spacial score (nSPS) is 44.9. The van der Waals surface area contributed by atoms with Gasteiger partial charge in [-0.2, -0.15) is 5.26 Å². The SMILES string of the molecule is CC1CCC(C2OCCC2C#N)O1. The van der Waals surface area contributed by atoms with Crippen molar-refractivity contribution in [1.29, 1.82) is 5.26 Å². The van der Waals surface area contributed by atoms with E-state index < -0.39 is 0 Å². The highest BCUT2D eigenvalue weighted by Gasteiger charge is 2.38. The molecule has 0 radical (unpaired) electrons. The number of hydrogen-bond acceptors (Lipinski definition) is 3. The van der Waals surface area contributed by atoms with Crippen molar-refractivity contribution in [3.05, 3.63) is 0 Å². The molecule has 4 atom stereocenters. The van der Waals surface area contributed by atoms with Gasteiger partial charge in [-0.15, -0.1) is 0 Å². The molecule has 13 heavy (non-hydrogen) atoms. The monoisotopic (exact) mass is 181 g/mol. The first kappa shape index (κ1) is 8.98. The summed E-state index contributed by atoms with van der Waals surface area (Å²) in [5.41, 5.74) is 0. The lowest BCUT2D eigenvalue weighted by atomic mass is 9.97. The summed E-state index contributed by atoms with van der Waals surface area (Å²) in [7, 11) is 0. The quantitative estimate of drug-likeness (QED) is 0.615. The molecule has 2 heterocycles. The Kier molecular flexibility index (Phi) is 2.52. The first-order chi connectivity index (χ1) is 6.31. The lowest BCUT2D eigenvalue weighted by Crippen LogP contribution is -2.30. The molecular formula is C10H15NO2. The van der Waals surface area contributed by atoms with Gasteiger partial charge in [0.1, 0.15) is 0 Å². The van der Waals surface area contributed by atoms with Crippen LogP contribution in [-0.4, -0.2) is 24.9 Å². The fraction of sp³-hybridized carbons (Fsp3) is 0.900. The van der Waals surface area contributed by atoms with Gasteiger partial charge in [-0.05, 0) is 26.2 Å². The maximum atomic E-state index is 8.88. The van der Waals surface area contributed by atoms with Crippen LogP contribution in [0.4, 0.5) is 0 Å². The van der Waals surface area contributed by atoms with Crippen molar-refractivity contribution in [1.82, 2.24) is 0 Å². The summed E-state index contributed by atoms with van der Waals surface area (Å²) in [6.07, 6.45) is 3.56. The molecule has 4 unspecified atom stereocenters. The van der Waals surface area contributed by atoms with Crippen LogP contribution in [0.15, 0.2) is 0 Å². The molecule has 0 aromatic carbocycles. The molecule has 0 amide bonds. The van der Waals surface area contributed by atoms with Gasteiger partial charge in [0, 0.05) is 6.61 Å². The van der Waals surface area contributed by atoms with Gasteiger partial charge in [-0.25, -0.2) is 0 Å². The van der Waals surface area contributed by atoms with E-state index in [1.165, 1.54) is 0 Å². The van der Waals surface area contributed by atoms with Gasteiger partial charge in [0.05, 0.1) is 30.3 Å². The highest BCUT2D eigenvalue weighted by Crippen LogP contribution is 2.31. The zero-order chi connectivity index (χ0) is 9.26. The minimum absolute atomic E-state index is 0.0370. The number of nitriles is 1. The van der Waals surface area contributed by atoms with Gasteiger partial charge in [0.2, 0.25) is 0 Å². The van der Waals surface area contributed by atoms with Crippen molar-refractivity contribution in [2.75, 3.05) is 6.61 Å². The molecule has 0 bridgehead atoms. The van der Waals surface area contributed by atoms with E-state index in [0.29, 0.717) is 6.10 Å². The number of nitrogens with zero attached hydrogens (tertiary/aromatic N) is 1. The third-order valence-corrected chi connectivity index (χ3v) is 2.93. The van der Waals surface area contributed by atoms with Crippen LogP contribution in [0.2, 0.25) is 0 Å². The zero-order valence-corrected chi connectivity index (χ0v) is 7.90. The van der Waals surface area contributed by atoms with Crippen LogP contribution in [0.5, 0.6) is 0 Å². The molecule has 3 nitrogen and oxygen atoms in total. The van der Waals surface area contributed by atoms with Crippen molar-refractivity contribution < 1.29 is 9.47 Å². The van der Waals surface area contributed by atoms with Crippen LogP contribution >= 0.6 is 0 Å². The van der Waals surface area contributed by atoms with Gasteiger partial charge in [0.15, 0.2) is 0 Å². The molecule has 2 rings (SSSR count). The Labute approximate surface area is 78.6 Å². The van der Waals surface area contributed by atoms with Crippen molar-refractivity contribution >= 4 is 0 Å². The van der Waals surface area contributed by atoms with Crippen molar-refractivity contribution in [3.8, 4) is 6.07 Å². The first-order valence-electron chi connectivity index (χ1n) is 4.98. The van der Waals surface area contributed by atoms with E-state index in [1.54, 1.807) is 0 Å². The van der Waals surface area contributed by atoms with Gasteiger partial charge in [-0.3, -0.25) is 0 Å². The standard InChI is InChI=1S/C10H15NO2/c1-7-2-3-9(13-7)10-8(6-11)4-5-12-10/h7-10H,2-5H2,1H3. The number of hydrogen-bond donors (Lipinski definition) is 0. The first-order valence-corrected chi connectivity index (χ1v) is 4.98. The van der Waals surface area contributed by atoms with Crippen LogP contribution in [0, 0.1) is 17.2 Å². The lowest BCUT2D eigenvalue weighted by molar-refractivity contribution is -0.0474. The van der Waals surface area contributed by atoms with Crippen molar-refractivity contribution in [3.63, 3.8) is 0 Å². The van der Waals surface area contributed by atoms with Crippen LogP contribution < -0.4 is 0 Å². The Morgan fingerprint density at radius 1 is 1.31 bits per heavy atom. The Bertz CT molecular complexity index is 223. The summed E-state index contributed by atoms with van der Waals surface area (Å²) in [5, 5.41) is 8.88. The smallest absolute Gasteiger partial charge is 0.0995 e. The number of rotatable bonds is 1. The molecule has 3 heteroatoms. The largest absolute Gasteiger partial charge is 0.374 e. The second-order valence-corrected chi connectivity index (χ2v) is 3.92. The predicted molar refractivity (Wildman–Crippen MR) is 47.0 cm³/mol. The van der Waals surface area contributed by atoms with Crippen LogP contribution in [-0.2, 0) is 9.47 Å². The molecule has 2 fully saturated rings. The molecule has 72 valence electrons. The minimum Gasteiger partial charge on any atom is -0.374 e. The minimum atomic E-state index is 0.0370. The predicted octanol–water partition coefficient (Wildman–Crippen LogP) is 1.48. The Hall–Kier alpha value is -0.590. The van der Waals surface area contributed by atoms with E-state index in [9.17, 15) is 0 Å². The average molecular weight is 181 g/mol. The fourth-order valence-corrected chi connectivity index (χ4v) is 2.19. The summed E-state index contributed by atoms with van der Waals surface area (Å²) >= 11 is 0. The van der Waals surface area contributed by atoms with E-state index in [1.807, 2.05) is 0 Å². The molecule has 2 aliphatic heterocycles. The van der Waals surface area contributed by atoms with Gasteiger partial charge < -0.3 is 9.47 Å². The highest BCUT2D eigenvalue weighted by atomic mass is 16.6. The molecule has 0 N–H and O–H groups in total. The van der Waals surface area contributed by atoms with Crippen molar-refractivity contribution in [2.45, 2.75) is 44.5 Å². The molecule has 2 saturated heterocycles. The molecular weight excluding hydrogens is 166 g/mol. The molecule has 0 spiro atoms. The summed E-state index contributed by atoms with van der Waals surface area (Å²) in [6, 6.07) is 2.30. The van der Waals surface area contributed by atoms with E-state index in [-0.39, 0.29) is 18.1 Å². The summed E-state index contributed by atoms with van der Waals surface area (Å²) in [5.74, 6) is 0.0512. The van der Waals surface area contributed by atoms with Gasteiger partial charge in [-0.1, -0.05) is 0 Å². The van der Waals surface area contributed by atoms with Crippen LogP contribution in [0.3, 0.4) is 0 Å². The Morgan fingerprint density at radius 3 is 2.77 bits per heavy atom. The fourth-order valence-electron chi connectivity index (χ4n) is 2.19. The lowest BCUT2D eigenvalue weighted by Gasteiger charge is -2.20. The van der Waals surface area contributed by atoms with Crippen molar-refractivity contribution in [2.24, 2.45) is 5.92 Å². The summed E-state index contributed by atoms with van der Waals surface area (Å²) < 4.78 is 11.2. The van der Waals surface area contributed by atoms with E-state index in [4.69, 9.17) is 14.7 Å².